The summed E-state index contributed by atoms with van der Waals surface area (Å²) in [5, 5.41) is 11.8. The summed E-state index contributed by atoms with van der Waals surface area (Å²) in [5.41, 5.74) is 0.0795. The lowest BCUT2D eigenvalue weighted by atomic mass is 10.1. The summed E-state index contributed by atoms with van der Waals surface area (Å²) in [6, 6.07) is 6.40. The van der Waals surface area contributed by atoms with E-state index in [1.807, 2.05) is 6.07 Å². The minimum atomic E-state index is -0.696. The molecule has 0 saturated carbocycles. The van der Waals surface area contributed by atoms with Crippen molar-refractivity contribution in [2.24, 2.45) is 0 Å². The van der Waals surface area contributed by atoms with Crippen LogP contribution in [0.15, 0.2) is 18.2 Å². The molecule has 0 aliphatic carbocycles. The summed E-state index contributed by atoms with van der Waals surface area (Å²) in [6.07, 6.45) is 4.66. The maximum absolute atomic E-state index is 12.3. The van der Waals surface area contributed by atoms with Gasteiger partial charge in [0.15, 0.2) is 0 Å². The van der Waals surface area contributed by atoms with Gasteiger partial charge in [0.05, 0.1) is 17.8 Å². The molecule has 0 aliphatic rings. The average Bonchev–Trinajstić information content (AvgIpc) is 2.49. The van der Waals surface area contributed by atoms with E-state index >= 15 is 0 Å². The third-order valence-corrected chi connectivity index (χ3v) is 2.76. The fourth-order valence-electron chi connectivity index (χ4n) is 1.80. The Bertz CT molecular complexity index is 691. The van der Waals surface area contributed by atoms with Gasteiger partial charge in [-0.2, -0.15) is 5.26 Å². The van der Waals surface area contributed by atoms with Crippen LogP contribution in [0.4, 0.5) is 10.5 Å². The van der Waals surface area contributed by atoms with Crippen LogP contribution in [0.2, 0.25) is 0 Å². The van der Waals surface area contributed by atoms with Gasteiger partial charge in [-0.25, -0.2) is 4.79 Å². The number of carbonyl (C=O) groups excluding carboxylic acids is 2. The third-order valence-electron chi connectivity index (χ3n) is 2.76. The van der Waals surface area contributed by atoms with Crippen molar-refractivity contribution in [3.63, 3.8) is 0 Å². The Kier molecular flexibility index (Phi) is 5.75. The molecule has 0 atom stereocenters. The topological polar surface area (TPSA) is 82.4 Å². The monoisotopic (exact) mass is 313 g/mol. The summed E-state index contributed by atoms with van der Waals surface area (Å²) >= 11 is 0. The van der Waals surface area contributed by atoms with Gasteiger partial charge in [0.2, 0.25) is 0 Å². The Balaban J connectivity index is 3.28. The van der Waals surface area contributed by atoms with Gasteiger partial charge in [0, 0.05) is 12.6 Å². The summed E-state index contributed by atoms with van der Waals surface area (Å²) in [4.78, 5) is 25.2. The predicted octanol–water partition coefficient (Wildman–Crippen LogP) is 2.29. The first kappa shape index (κ1) is 18.1. The van der Waals surface area contributed by atoms with Crippen molar-refractivity contribution in [1.29, 1.82) is 5.26 Å². The first-order valence-corrected chi connectivity index (χ1v) is 6.93. The molecule has 1 rings (SSSR count). The van der Waals surface area contributed by atoms with E-state index < -0.39 is 11.7 Å². The molecule has 0 radical (unpaired) electrons. The van der Waals surface area contributed by atoms with Gasteiger partial charge in [-0.3, -0.25) is 9.69 Å². The SMILES string of the molecule is C#CCN(C(=O)OC(C)(C)C)c1ccc(C(=O)NC)cc1C#N. The van der Waals surface area contributed by atoms with Gasteiger partial charge in [0.1, 0.15) is 11.7 Å². The maximum atomic E-state index is 12.3. The molecule has 0 saturated heterocycles. The summed E-state index contributed by atoms with van der Waals surface area (Å²) in [5.74, 6) is 2.04. The third kappa shape index (κ3) is 4.76. The number of ether oxygens (including phenoxy) is 1. The zero-order chi connectivity index (χ0) is 17.6. The molecule has 1 N–H and O–H groups in total. The van der Waals surface area contributed by atoms with E-state index in [1.54, 1.807) is 20.8 Å². The number of nitriles is 1. The largest absolute Gasteiger partial charge is 0.443 e. The first-order valence-electron chi connectivity index (χ1n) is 6.93. The number of carbonyl (C=O) groups is 2. The molecule has 0 unspecified atom stereocenters. The van der Waals surface area contributed by atoms with Gasteiger partial charge in [-0.15, -0.1) is 6.42 Å². The van der Waals surface area contributed by atoms with Crippen molar-refractivity contribution < 1.29 is 14.3 Å². The average molecular weight is 313 g/mol. The number of rotatable bonds is 3. The fourth-order valence-corrected chi connectivity index (χ4v) is 1.80. The van der Waals surface area contributed by atoms with Gasteiger partial charge >= 0.3 is 6.09 Å². The number of nitrogens with one attached hydrogen (secondary N) is 1. The number of amides is 2. The van der Waals surface area contributed by atoms with Crippen LogP contribution in [0.1, 0.15) is 36.7 Å². The standard InChI is InChI=1S/C17H19N3O3/c1-6-9-20(16(22)23-17(2,3)4)14-8-7-12(15(21)19-5)10-13(14)11-18/h1,7-8,10H,9H2,2-5H3,(H,19,21). The molecule has 6 heteroatoms. The predicted molar refractivity (Wildman–Crippen MR) is 87.0 cm³/mol. The minimum Gasteiger partial charge on any atom is -0.443 e. The van der Waals surface area contributed by atoms with Crippen LogP contribution < -0.4 is 10.2 Å². The molecule has 6 nitrogen and oxygen atoms in total. The molecule has 23 heavy (non-hydrogen) atoms. The zero-order valence-electron chi connectivity index (χ0n) is 13.6. The van der Waals surface area contributed by atoms with Crippen LogP contribution in [-0.4, -0.2) is 31.2 Å². The number of nitrogens with zero attached hydrogens (tertiary/aromatic N) is 2. The molecule has 2 amide bonds. The highest BCUT2D eigenvalue weighted by molar-refractivity contribution is 5.96. The van der Waals surface area contributed by atoms with Crippen LogP contribution in [0.3, 0.4) is 0 Å². The number of terminal acetylenes is 1. The van der Waals surface area contributed by atoms with Gasteiger partial charge in [-0.1, -0.05) is 5.92 Å². The lowest BCUT2D eigenvalue weighted by Crippen LogP contribution is -2.37. The second-order valence-electron chi connectivity index (χ2n) is 5.69. The molecule has 1 aromatic carbocycles. The van der Waals surface area contributed by atoms with E-state index in [0.29, 0.717) is 11.3 Å². The first-order chi connectivity index (χ1) is 10.7. The number of hydrogen-bond acceptors (Lipinski definition) is 4. The Morgan fingerprint density at radius 2 is 2.04 bits per heavy atom. The highest BCUT2D eigenvalue weighted by Crippen LogP contribution is 2.23. The molecular formula is C17H19N3O3. The van der Waals surface area contributed by atoms with Crippen LogP contribution in [0.5, 0.6) is 0 Å². The number of benzene rings is 1. The van der Waals surface area contributed by atoms with E-state index in [0.717, 1.165) is 0 Å². The van der Waals surface area contributed by atoms with E-state index in [9.17, 15) is 14.9 Å². The molecule has 0 heterocycles. The zero-order valence-corrected chi connectivity index (χ0v) is 13.6. The second kappa shape index (κ2) is 7.33. The summed E-state index contributed by atoms with van der Waals surface area (Å²) in [6.45, 7) is 5.15. The molecule has 0 aromatic heterocycles. The fraction of sp³-hybridized carbons (Fsp3) is 0.353. The second-order valence-corrected chi connectivity index (χ2v) is 5.69. The number of hydrogen-bond donors (Lipinski definition) is 1. The number of anilines is 1. The Labute approximate surface area is 136 Å². The van der Waals surface area contributed by atoms with Crippen molar-refractivity contribution in [2.45, 2.75) is 26.4 Å². The Morgan fingerprint density at radius 3 is 2.52 bits per heavy atom. The van der Waals surface area contributed by atoms with Crippen molar-refractivity contribution in [3.8, 4) is 18.4 Å². The van der Waals surface area contributed by atoms with E-state index in [4.69, 9.17) is 11.2 Å². The normalized spacial score (nSPS) is 10.2. The van der Waals surface area contributed by atoms with Crippen LogP contribution >= 0.6 is 0 Å². The van der Waals surface area contributed by atoms with Gasteiger partial charge in [-0.05, 0) is 39.0 Å². The summed E-state index contributed by atoms with van der Waals surface area (Å²) in [7, 11) is 1.49. The van der Waals surface area contributed by atoms with Gasteiger partial charge < -0.3 is 10.1 Å². The van der Waals surface area contributed by atoms with Crippen LogP contribution in [0.25, 0.3) is 0 Å². The summed E-state index contributed by atoms with van der Waals surface area (Å²) < 4.78 is 5.31. The molecule has 0 aliphatic heterocycles. The lowest BCUT2D eigenvalue weighted by molar-refractivity contribution is 0.0585. The van der Waals surface area contributed by atoms with E-state index in [2.05, 4.69) is 11.2 Å². The minimum absolute atomic E-state index is 0.0527. The molecule has 0 fully saturated rings. The van der Waals surface area contributed by atoms with Gasteiger partial charge in [0.25, 0.3) is 5.91 Å². The molecule has 1 aromatic rings. The smallest absolute Gasteiger partial charge is 0.415 e. The molecule has 0 bridgehead atoms. The highest BCUT2D eigenvalue weighted by atomic mass is 16.6. The maximum Gasteiger partial charge on any atom is 0.415 e. The van der Waals surface area contributed by atoms with Crippen molar-refractivity contribution in [3.05, 3.63) is 29.3 Å². The Hall–Kier alpha value is -2.99. The molecular weight excluding hydrogens is 294 g/mol. The van der Waals surface area contributed by atoms with Crippen molar-refractivity contribution >= 4 is 17.7 Å². The molecule has 120 valence electrons. The van der Waals surface area contributed by atoms with Crippen molar-refractivity contribution in [1.82, 2.24) is 5.32 Å². The Morgan fingerprint density at radius 1 is 1.39 bits per heavy atom. The molecule has 0 spiro atoms. The van der Waals surface area contributed by atoms with Crippen LogP contribution in [-0.2, 0) is 4.74 Å². The lowest BCUT2D eigenvalue weighted by Gasteiger charge is -2.26. The van der Waals surface area contributed by atoms with Crippen LogP contribution in [0, 0.1) is 23.7 Å². The van der Waals surface area contributed by atoms with E-state index in [-0.39, 0.29) is 18.0 Å². The van der Waals surface area contributed by atoms with Crippen molar-refractivity contribution in [2.75, 3.05) is 18.5 Å². The van der Waals surface area contributed by atoms with E-state index in [1.165, 1.54) is 30.1 Å². The highest BCUT2D eigenvalue weighted by Gasteiger charge is 2.25. The quantitative estimate of drug-likeness (QED) is 0.868.